The van der Waals surface area contributed by atoms with Crippen molar-refractivity contribution >= 4 is 17.8 Å². The van der Waals surface area contributed by atoms with Gasteiger partial charge in [0, 0.05) is 25.3 Å². The van der Waals surface area contributed by atoms with Gasteiger partial charge >= 0.3 is 5.97 Å². The van der Waals surface area contributed by atoms with Gasteiger partial charge in [0.05, 0.1) is 0 Å². The molecule has 0 aromatic heterocycles. The maximum atomic E-state index is 13.0. The number of carbonyl (C=O) groups excluding carboxylic acids is 2. The lowest BCUT2D eigenvalue weighted by atomic mass is 9.73. The third-order valence-electron chi connectivity index (χ3n) is 5.40. The maximum Gasteiger partial charge on any atom is 0.329 e. The largest absolute Gasteiger partial charge is 0.479 e. The Bertz CT molecular complexity index is 467. The number of rotatable bonds is 16. The first-order valence-electron chi connectivity index (χ1n) is 10.6. The van der Waals surface area contributed by atoms with Gasteiger partial charge in [0.1, 0.15) is 5.54 Å². The molecule has 158 valence electrons. The first-order chi connectivity index (χ1) is 12.8. The molecule has 0 heterocycles. The van der Waals surface area contributed by atoms with Crippen LogP contribution in [0.15, 0.2) is 0 Å². The minimum atomic E-state index is -1.36. The molecule has 0 spiro atoms. The molecule has 1 unspecified atom stereocenters. The molecule has 0 saturated carbocycles. The molecule has 6 nitrogen and oxygen atoms in total. The second-order valence-corrected chi connectivity index (χ2v) is 7.44. The number of nitrogens with zero attached hydrogens (tertiary/aromatic N) is 1. The fourth-order valence-electron chi connectivity index (χ4n) is 3.95. The van der Waals surface area contributed by atoms with Crippen LogP contribution in [0.25, 0.3) is 0 Å². The molecule has 27 heavy (non-hydrogen) atoms. The lowest BCUT2D eigenvalue weighted by Gasteiger charge is -2.45. The van der Waals surface area contributed by atoms with Crippen molar-refractivity contribution in [3.8, 4) is 0 Å². The smallest absolute Gasteiger partial charge is 0.329 e. The number of carboxylic acids is 1. The van der Waals surface area contributed by atoms with E-state index in [0.717, 1.165) is 38.5 Å². The van der Waals surface area contributed by atoms with Crippen LogP contribution in [0.4, 0.5) is 0 Å². The van der Waals surface area contributed by atoms with E-state index in [1.165, 1.54) is 4.90 Å². The third kappa shape index (κ3) is 7.51. The number of amides is 2. The predicted octanol–water partition coefficient (Wildman–Crippen LogP) is 4.11. The summed E-state index contributed by atoms with van der Waals surface area (Å²) >= 11 is 0. The molecule has 0 radical (unpaired) electrons. The number of unbranched alkanes of at least 4 members (excludes halogenated alkanes) is 4. The summed E-state index contributed by atoms with van der Waals surface area (Å²) in [6, 6.07) is 0. The lowest BCUT2D eigenvalue weighted by molar-refractivity contribution is -0.166. The summed E-state index contributed by atoms with van der Waals surface area (Å²) in [5.74, 6) is -2.11. The number of likely N-dealkylation sites (N-methyl/N-ethyl adjacent to an activating group) is 1. The Morgan fingerprint density at radius 3 is 2.00 bits per heavy atom. The molecule has 6 heteroatoms. The lowest BCUT2D eigenvalue weighted by Crippen LogP contribution is -2.62. The van der Waals surface area contributed by atoms with Gasteiger partial charge in [-0.2, -0.15) is 0 Å². The van der Waals surface area contributed by atoms with Crippen molar-refractivity contribution in [1.82, 2.24) is 4.90 Å². The van der Waals surface area contributed by atoms with Gasteiger partial charge in [-0.15, -0.1) is 0 Å². The average molecular weight is 385 g/mol. The van der Waals surface area contributed by atoms with Crippen LogP contribution in [0.1, 0.15) is 98.3 Å². The van der Waals surface area contributed by atoms with E-state index < -0.39 is 23.3 Å². The fourth-order valence-corrected chi connectivity index (χ4v) is 3.95. The van der Waals surface area contributed by atoms with Crippen molar-refractivity contribution in [2.24, 2.45) is 11.7 Å². The highest BCUT2D eigenvalue weighted by molar-refractivity contribution is 5.88. The zero-order valence-corrected chi connectivity index (χ0v) is 17.8. The van der Waals surface area contributed by atoms with Crippen LogP contribution >= 0.6 is 0 Å². The van der Waals surface area contributed by atoms with Gasteiger partial charge < -0.3 is 15.7 Å². The molecule has 0 bridgehead atoms. The number of carboxylic acid groups (broad SMARTS) is 1. The van der Waals surface area contributed by atoms with E-state index in [2.05, 4.69) is 6.92 Å². The monoisotopic (exact) mass is 384 g/mol. The van der Waals surface area contributed by atoms with Crippen LogP contribution < -0.4 is 5.73 Å². The number of aliphatic carboxylic acids is 1. The van der Waals surface area contributed by atoms with E-state index in [1.807, 2.05) is 20.8 Å². The van der Waals surface area contributed by atoms with Gasteiger partial charge in [0.15, 0.2) is 0 Å². The summed E-state index contributed by atoms with van der Waals surface area (Å²) in [6.07, 6.45) is 7.19. The maximum absolute atomic E-state index is 13.0. The molecular formula is C21H40N2O4. The van der Waals surface area contributed by atoms with E-state index >= 15 is 0 Å². The Kier molecular flexibility index (Phi) is 12.8. The first-order valence-corrected chi connectivity index (χ1v) is 10.6. The topological polar surface area (TPSA) is 101 Å². The molecular weight excluding hydrogens is 344 g/mol. The molecule has 0 fully saturated rings. The summed E-state index contributed by atoms with van der Waals surface area (Å²) in [7, 11) is 0. The summed E-state index contributed by atoms with van der Waals surface area (Å²) in [4.78, 5) is 38.8. The molecule has 0 aliphatic carbocycles. The highest BCUT2D eigenvalue weighted by Crippen LogP contribution is 2.37. The van der Waals surface area contributed by atoms with Crippen LogP contribution in [0.5, 0.6) is 0 Å². The zero-order valence-electron chi connectivity index (χ0n) is 17.8. The minimum Gasteiger partial charge on any atom is -0.479 e. The second-order valence-electron chi connectivity index (χ2n) is 7.44. The van der Waals surface area contributed by atoms with Crippen molar-refractivity contribution in [3.05, 3.63) is 0 Å². The SMILES string of the molecule is CCCCCC(=O)N(CC)[C@](CCCC)(C(=O)O)C(CCCC)CC(N)=O. The van der Waals surface area contributed by atoms with E-state index in [4.69, 9.17) is 5.73 Å². The molecule has 0 aromatic carbocycles. The van der Waals surface area contributed by atoms with Gasteiger partial charge in [-0.1, -0.05) is 59.3 Å². The Morgan fingerprint density at radius 1 is 0.963 bits per heavy atom. The van der Waals surface area contributed by atoms with Crippen molar-refractivity contribution < 1.29 is 19.5 Å². The molecule has 0 aromatic rings. The molecule has 2 atom stereocenters. The highest BCUT2D eigenvalue weighted by atomic mass is 16.4. The molecule has 0 aliphatic rings. The number of carbonyl (C=O) groups is 3. The Balaban J connectivity index is 6.03. The Labute approximate surface area is 164 Å². The minimum absolute atomic E-state index is 0.00520. The molecule has 0 saturated heterocycles. The second kappa shape index (κ2) is 13.6. The van der Waals surface area contributed by atoms with Crippen molar-refractivity contribution in [2.45, 2.75) is 104 Å². The molecule has 0 rings (SSSR count). The fraction of sp³-hybridized carbons (Fsp3) is 0.857. The van der Waals surface area contributed by atoms with Gasteiger partial charge in [-0.25, -0.2) is 4.79 Å². The average Bonchev–Trinajstić information content (AvgIpc) is 2.61. The highest BCUT2D eigenvalue weighted by Gasteiger charge is 2.51. The Morgan fingerprint density at radius 2 is 1.56 bits per heavy atom. The van der Waals surface area contributed by atoms with Crippen LogP contribution in [0, 0.1) is 5.92 Å². The van der Waals surface area contributed by atoms with Crippen molar-refractivity contribution in [1.29, 1.82) is 0 Å². The van der Waals surface area contributed by atoms with Crippen LogP contribution in [-0.2, 0) is 14.4 Å². The predicted molar refractivity (Wildman–Crippen MR) is 108 cm³/mol. The quantitative estimate of drug-likeness (QED) is 0.391. The summed E-state index contributed by atoms with van der Waals surface area (Å²) in [5.41, 5.74) is 4.11. The first kappa shape index (κ1) is 25.4. The molecule has 2 amide bonds. The summed E-state index contributed by atoms with van der Waals surface area (Å²) < 4.78 is 0. The standard InChI is InChI=1S/C21H40N2O4/c1-5-9-12-14-19(25)23(8-4)21(20(26)27,15-11-7-3)17(13-10-6-2)16-18(22)24/h17H,5-16H2,1-4H3,(H2,22,24)(H,26,27)/t17?,21-/m0/s1. The summed E-state index contributed by atoms with van der Waals surface area (Å²) in [6.45, 7) is 8.24. The normalized spacial score (nSPS) is 14.4. The number of hydrogen-bond donors (Lipinski definition) is 2. The zero-order chi connectivity index (χ0) is 20.9. The van der Waals surface area contributed by atoms with Crippen LogP contribution in [0.2, 0.25) is 0 Å². The third-order valence-corrected chi connectivity index (χ3v) is 5.40. The van der Waals surface area contributed by atoms with E-state index in [1.54, 1.807) is 0 Å². The van der Waals surface area contributed by atoms with E-state index in [-0.39, 0.29) is 12.3 Å². The van der Waals surface area contributed by atoms with Gasteiger partial charge in [-0.05, 0) is 26.2 Å². The molecule has 3 N–H and O–H groups in total. The van der Waals surface area contributed by atoms with Gasteiger partial charge in [-0.3, -0.25) is 9.59 Å². The van der Waals surface area contributed by atoms with Crippen molar-refractivity contribution in [2.75, 3.05) is 6.54 Å². The number of nitrogens with two attached hydrogens (primary N) is 1. The van der Waals surface area contributed by atoms with Crippen molar-refractivity contribution in [3.63, 3.8) is 0 Å². The van der Waals surface area contributed by atoms with E-state index in [0.29, 0.717) is 32.2 Å². The molecule has 0 aliphatic heterocycles. The van der Waals surface area contributed by atoms with E-state index in [9.17, 15) is 19.5 Å². The summed E-state index contributed by atoms with van der Waals surface area (Å²) in [5, 5.41) is 10.3. The Hall–Kier alpha value is -1.59. The van der Waals surface area contributed by atoms with Crippen LogP contribution in [0.3, 0.4) is 0 Å². The van der Waals surface area contributed by atoms with Gasteiger partial charge in [0.2, 0.25) is 11.8 Å². The number of hydrogen-bond acceptors (Lipinski definition) is 3. The number of primary amides is 1. The van der Waals surface area contributed by atoms with Gasteiger partial charge in [0.25, 0.3) is 0 Å². The van der Waals surface area contributed by atoms with Crippen LogP contribution in [-0.4, -0.2) is 39.9 Å².